The summed E-state index contributed by atoms with van der Waals surface area (Å²) in [6, 6.07) is 16.0. The van der Waals surface area contributed by atoms with Crippen molar-refractivity contribution < 1.29 is 4.74 Å². The van der Waals surface area contributed by atoms with Crippen LogP contribution in [0.25, 0.3) is 0 Å². The first-order valence-corrected chi connectivity index (χ1v) is 7.26. The number of ether oxygens (including phenoxy) is 1. The molecule has 0 heterocycles. The van der Waals surface area contributed by atoms with Crippen LogP contribution < -0.4 is 4.74 Å². The molecule has 2 aromatic carbocycles. The summed E-state index contributed by atoms with van der Waals surface area (Å²) in [7, 11) is 0. The molecule has 0 aliphatic heterocycles. The Morgan fingerprint density at radius 2 is 1.89 bits per heavy atom. The molecule has 0 bridgehead atoms. The molecule has 0 aliphatic rings. The van der Waals surface area contributed by atoms with Crippen LogP contribution in [0.3, 0.4) is 0 Å². The van der Waals surface area contributed by atoms with Crippen LogP contribution in [0, 0.1) is 6.92 Å². The number of benzene rings is 2. The minimum atomic E-state index is 0.280. The number of hydrogen-bond donors (Lipinski definition) is 1. The fraction of sp³-hybridized carbons (Fsp3) is 0.250. The molecule has 0 radical (unpaired) electrons. The fourth-order valence-corrected chi connectivity index (χ4v) is 2.38. The van der Waals surface area contributed by atoms with Crippen LogP contribution >= 0.6 is 24.2 Å². The van der Waals surface area contributed by atoms with E-state index in [0.717, 1.165) is 17.1 Å². The second-order valence-corrected chi connectivity index (χ2v) is 5.31. The van der Waals surface area contributed by atoms with E-state index in [1.165, 1.54) is 5.56 Å². The van der Waals surface area contributed by atoms with E-state index in [-0.39, 0.29) is 5.92 Å². The molecule has 0 N–H and O–H groups in total. The molecular weight excluding hydrogens is 276 g/mol. The Balaban J connectivity index is 2.06. The Bertz CT molecular complexity index is 528. The van der Waals surface area contributed by atoms with Crippen molar-refractivity contribution in [3.05, 3.63) is 64.7 Å². The molecule has 1 nitrogen and oxygen atoms in total. The number of aryl methyl sites for hydroxylation is 1. The molecule has 1 atom stereocenters. The molecule has 0 fully saturated rings. The van der Waals surface area contributed by atoms with Crippen LogP contribution in [0.2, 0.25) is 5.02 Å². The highest BCUT2D eigenvalue weighted by Gasteiger charge is 2.11. The summed E-state index contributed by atoms with van der Waals surface area (Å²) in [5, 5.41) is 0.697. The van der Waals surface area contributed by atoms with Crippen LogP contribution in [0.1, 0.15) is 17.0 Å². The number of thiol groups is 1. The molecule has 0 aromatic heterocycles. The van der Waals surface area contributed by atoms with Gasteiger partial charge in [-0.25, -0.2) is 0 Å². The first kappa shape index (κ1) is 14.3. The highest BCUT2D eigenvalue weighted by Crippen LogP contribution is 2.25. The van der Waals surface area contributed by atoms with Crippen LogP contribution in [0.15, 0.2) is 48.5 Å². The quantitative estimate of drug-likeness (QED) is 0.783. The van der Waals surface area contributed by atoms with Crippen LogP contribution in [-0.2, 0) is 0 Å². The summed E-state index contributed by atoms with van der Waals surface area (Å²) in [5.74, 6) is 1.88. The maximum Gasteiger partial charge on any atom is 0.123 e. The lowest BCUT2D eigenvalue weighted by atomic mass is 10.0. The molecule has 0 saturated heterocycles. The molecule has 3 heteroatoms. The van der Waals surface area contributed by atoms with Gasteiger partial charge in [0.25, 0.3) is 0 Å². The largest absolute Gasteiger partial charge is 0.493 e. The van der Waals surface area contributed by atoms with Crippen LogP contribution in [-0.4, -0.2) is 12.4 Å². The number of rotatable bonds is 5. The van der Waals surface area contributed by atoms with E-state index in [4.69, 9.17) is 16.3 Å². The predicted molar refractivity (Wildman–Crippen MR) is 84.7 cm³/mol. The summed E-state index contributed by atoms with van der Waals surface area (Å²) < 4.78 is 5.89. The molecular formula is C16H17ClOS. The summed E-state index contributed by atoms with van der Waals surface area (Å²) in [5.41, 5.74) is 2.34. The maximum atomic E-state index is 5.99. The van der Waals surface area contributed by atoms with Gasteiger partial charge in [-0.3, -0.25) is 0 Å². The predicted octanol–water partition coefficient (Wildman–Crippen LogP) is 4.74. The molecule has 19 heavy (non-hydrogen) atoms. The summed E-state index contributed by atoms with van der Waals surface area (Å²) in [6.45, 7) is 2.62. The van der Waals surface area contributed by atoms with Gasteiger partial charge >= 0.3 is 0 Å². The third-order valence-electron chi connectivity index (χ3n) is 3.08. The second kappa shape index (κ2) is 6.88. The Labute approximate surface area is 125 Å². The van der Waals surface area contributed by atoms with Gasteiger partial charge in [-0.1, -0.05) is 48.0 Å². The average molecular weight is 293 g/mol. The van der Waals surface area contributed by atoms with Crippen molar-refractivity contribution in [3.63, 3.8) is 0 Å². The summed E-state index contributed by atoms with van der Waals surface area (Å²) >= 11 is 10.4. The molecule has 1 unspecified atom stereocenters. The van der Waals surface area contributed by atoms with Gasteiger partial charge in [0.1, 0.15) is 5.75 Å². The fourth-order valence-electron chi connectivity index (χ4n) is 1.90. The van der Waals surface area contributed by atoms with E-state index in [1.807, 2.05) is 43.3 Å². The molecule has 2 aromatic rings. The van der Waals surface area contributed by atoms with Crippen molar-refractivity contribution in [3.8, 4) is 5.75 Å². The average Bonchev–Trinajstić information content (AvgIpc) is 2.44. The zero-order chi connectivity index (χ0) is 13.7. The SMILES string of the molecule is Cc1ccc(Cl)cc1OCC(CS)c1ccccc1. The van der Waals surface area contributed by atoms with Crippen molar-refractivity contribution in [2.24, 2.45) is 0 Å². The number of halogens is 1. The van der Waals surface area contributed by atoms with Crippen molar-refractivity contribution in [1.29, 1.82) is 0 Å². The Morgan fingerprint density at radius 1 is 1.16 bits per heavy atom. The van der Waals surface area contributed by atoms with Crippen LogP contribution in [0.5, 0.6) is 5.75 Å². The van der Waals surface area contributed by atoms with E-state index >= 15 is 0 Å². The number of hydrogen-bond acceptors (Lipinski definition) is 2. The van der Waals surface area contributed by atoms with Crippen molar-refractivity contribution in [2.75, 3.05) is 12.4 Å². The highest BCUT2D eigenvalue weighted by molar-refractivity contribution is 7.80. The summed E-state index contributed by atoms with van der Waals surface area (Å²) in [4.78, 5) is 0. The minimum absolute atomic E-state index is 0.280. The van der Waals surface area contributed by atoms with Gasteiger partial charge < -0.3 is 4.74 Å². The normalized spacial score (nSPS) is 12.2. The zero-order valence-corrected chi connectivity index (χ0v) is 12.5. The van der Waals surface area contributed by atoms with Crippen molar-refractivity contribution in [2.45, 2.75) is 12.8 Å². The van der Waals surface area contributed by atoms with E-state index in [2.05, 4.69) is 24.8 Å². The Morgan fingerprint density at radius 3 is 2.58 bits per heavy atom. The Hall–Kier alpha value is -1.12. The van der Waals surface area contributed by atoms with Gasteiger partial charge in [0.2, 0.25) is 0 Å². The minimum Gasteiger partial charge on any atom is -0.493 e. The molecule has 0 aliphatic carbocycles. The van der Waals surface area contributed by atoms with E-state index in [9.17, 15) is 0 Å². The third-order valence-corrected chi connectivity index (χ3v) is 3.76. The van der Waals surface area contributed by atoms with Gasteiger partial charge in [-0.05, 0) is 30.2 Å². The van der Waals surface area contributed by atoms with Gasteiger partial charge in [-0.2, -0.15) is 12.6 Å². The summed E-state index contributed by atoms with van der Waals surface area (Å²) in [6.07, 6.45) is 0. The molecule has 0 saturated carbocycles. The second-order valence-electron chi connectivity index (χ2n) is 4.51. The van der Waals surface area contributed by atoms with Gasteiger partial charge in [0.05, 0.1) is 6.61 Å². The lowest BCUT2D eigenvalue weighted by molar-refractivity contribution is 0.296. The van der Waals surface area contributed by atoms with Gasteiger partial charge in [0, 0.05) is 16.7 Å². The molecule has 0 spiro atoms. The standard InChI is InChI=1S/C16H17ClOS/c1-12-7-8-15(17)9-16(12)18-10-14(11-19)13-5-3-2-4-6-13/h2-9,14,19H,10-11H2,1H3. The Kier molecular flexibility index (Phi) is 5.17. The smallest absolute Gasteiger partial charge is 0.123 e. The van der Waals surface area contributed by atoms with Gasteiger partial charge in [-0.15, -0.1) is 0 Å². The highest BCUT2D eigenvalue weighted by atomic mass is 35.5. The van der Waals surface area contributed by atoms with Gasteiger partial charge in [0.15, 0.2) is 0 Å². The first-order valence-electron chi connectivity index (χ1n) is 6.25. The van der Waals surface area contributed by atoms with E-state index in [0.29, 0.717) is 11.6 Å². The molecule has 2 rings (SSSR count). The third kappa shape index (κ3) is 3.92. The topological polar surface area (TPSA) is 9.23 Å². The maximum absolute atomic E-state index is 5.99. The van der Waals surface area contributed by atoms with E-state index < -0.39 is 0 Å². The van der Waals surface area contributed by atoms with Crippen molar-refractivity contribution >= 4 is 24.2 Å². The first-order chi connectivity index (χ1) is 9.20. The van der Waals surface area contributed by atoms with Crippen molar-refractivity contribution in [1.82, 2.24) is 0 Å². The van der Waals surface area contributed by atoms with Crippen LogP contribution in [0.4, 0.5) is 0 Å². The van der Waals surface area contributed by atoms with E-state index in [1.54, 1.807) is 0 Å². The molecule has 100 valence electrons. The lowest BCUT2D eigenvalue weighted by Crippen LogP contribution is -2.12. The monoisotopic (exact) mass is 292 g/mol. The lowest BCUT2D eigenvalue weighted by Gasteiger charge is -2.17. The molecule has 0 amide bonds. The zero-order valence-electron chi connectivity index (χ0n) is 10.8.